The van der Waals surface area contributed by atoms with Crippen LogP contribution in [-0.4, -0.2) is 45.2 Å². The third-order valence-electron chi connectivity index (χ3n) is 5.74. The number of esters is 1. The summed E-state index contributed by atoms with van der Waals surface area (Å²) in [6, 6.07) is 0. The number of ether oxygens (including phenoxy) is 1. The summed E-state index contributed by atoms with van der Waals surface area (Å²) in [6.45, 7) is 9.69. The fourth-order valence-corrected chi connectivity index (χ4v) is 4.96. The molecule has 0 unspecified atom stereocenters. The summed E-state index contributed by atoms with van der Waals surface area (Å²) in [5, 5.41) is 30.0. The molecule has 190 valence electrons. The highest BCUT2D eigenvalue weighted by Crippen LogP contribution is 2.42. The van der Waals surface area contributed by atoms with Crippen molar-refractivity contribution in [3.8, 4) is 0 Å². The first kappa shape index (κ1) is 29.7. The average molecular weight is 485 g/mol. The van der Waals surface area contributed by atoms with E-state index in [0.717, 1.165) is 42.8 Å². The molecule has 4 atom stereocenters. The van der Waals surface area contributed by atoms with Gasteiger partial charge >= 0.3 is 11.9 Å². The molecule has 0 fully saturated rings. The van der Waals surface area contributed by atoms with Gasteiger partial charge in [-0.1, -0.05) is 51.7 Å². The van der Waals surface area contributed by atoms with E-state index in [9.17, 15) is 19.8 Å². The lowest BCUT2D eigenvalue weighted by Crippen LogP contribution is -2.22. The highest BCUT2D eigenvalue weighted by atomic mass is 32.2. The number of aliphatic hydroxyl groups excluding tert-OH is 2. The van der Waals surface area contributed by atoms with E-state index in [1.807, 2.05) is 6.08 Å². The van der Waals surface area contributed by atoms with Crippen LogP contribution in [0.25, 0.3) is 0 Å². The first-order chi connectivity index (χ1) is 15.5. The summed E-state index contributed by atoms with van der Waals surface area (Å²) in [6.07, 6.45) is 9.11. The summed E-state index contributed by atoms with van der Waals surface area (Å²) < 4.78 is 5.70. The fraction of sp³-hybridized carbons (Fsp3) is 0.769. The number of aliphatic hydroxyl groups is 2. The molecule has 1 aliphatic rings. The van der Waals surface area contributed by atoms with Crippen LogP contribution in [0.15, 0.2) is 22.8 Å². The Balaban J connectivity index is 2.85. The third-order valence-corrected chi connectivity index (χ3v) is 7.05. The van der Waals surface area contributed by atoms with Crippen molar-refractivity contribution in [3.63, 3.8) is 0 Å². The number of rotatable bonds is 15. The van der Waals surface area contributed by atoms with Gasteiger partial charge < -0.3 is 20.1 Å². The van der Waals surface area contributed by atoms with Crippen molar-refractivity contribution in [1.82, 2.24) is 0 Å². The molecule has 0 aliphatic heterocycles. The van der Waals surface area contributed by atoms with Gasteiger partial charge in [-0.3, -0.25) is 9.59 Å². The van der Waals surface area contributed by atoms with Crippen molar-refractivity contribution >= 4 is 23.7 Å². The predicted molar refractivity (Wildman–Crippen MR) is 134 cm³/mol. The maximum atomic E-state index is 12.5. The Morgan fingerprint density at radius 3 is 2.52 bits per heavy atom. The van der Waals surface area contributed by atoms with Crippen LogP contribution in [0.1, 0.15) is 92.4 Å². The number of hydrogen-bond acceptors (Lipinski definition) is 6. The Labute approximate surface area is 203 Å². The van der Waals surface area contributed by atoms with E-state index in [4.69, 9.17) is 9.84 Å². The molecule has 0 bridgehead atoms. The Morgan fingerprint density at radius 2 is 1.91 bits per heavy atom. The van der Waals surface area contributed by atoms with Gasteiger partial charge in [0, 0.05) is 23.7 Å². The second-order valence-electron chi connectivity index (χ2n) is 10.2. The SMILES string of the molecule is CCCC[C@@H](C)C[C@H](O)C=C[C@@H]1C(SCCCCCC(=O)O)=C(OC(=O)C(C)(C)C)C[C@H]1O. The van der Waals surface area contributed by atoms with Crippen LogP contribution in [0.3, 0.4) is 0 Å². The van der Waals surface area contributed by atoms with Crippen molar-refractivity contribution in [1.29, 1.82) is 0 Å². The number of carboxylic acids is 1. The van der Waals surface area contributed by atoms with E-state index >= 15 is 0 Å². The summed E-state index contributed by atoms with van der Waals surface area (Å²) in [5.41, 5.74) is -0.649. The van der Waals surface area contributed by atoms with Crippen molar-refractivity contribution < 1.29 is 29.6 Å². The number of carboxylic acid groups (broad SMARTS) is 1. The van der Waals surface area contributed by atoms with Crippen LogP contribution >= 0.6 is 11.8 Å². The fourth-order valence-electron chi connectivity index (χ4n) is 3.67. The van der Waals surface area contributed by atoms with Crippen LogP contribution in [0.4, 0.5) is 0 Å². The van der Waals surface area contributed by atoms with Crippen LogP contribution in [-0.2, 0) is 14.3 Å². The molecule has 1 aliphatic carbocycles. The van der Waals surface area contributed by atoms with Gasteiger partial charge in [0.25, 0.3) is 0 Å². The van der Waals surface area contributed by atoms with Gasteiger partial charge in [-0.25, -0.2) is 0 Å². The minimum absolute atomic E-state index is 0.167. The summed E-state index contributed by atoms with van der Waals surface area (Å²) in [5.74, 6) is 0.249. The van der Waals surface area contributed by atoms with Crippen molar-refractivity contribution in [2.24, 2.45) is 17.3 Å². The van der Waals surface area contributed by atoms with E-state index in [2.05, 4.69) is 13.8 Å². The number of carbonyl (C=O) groups excluding carboxylic acids is 1. The highest BCUT2D eigenvalue weighted by Gasteiger charge is 2.36. The lowest BCUT2D eigenvalue weighted by Gasteiger charge is -2.18. The molecule has 0 aromatic rings. The van der Waals surface area contributed by atoms with Crippen molar-refractivity contribution in [2.75, 3.05) is 5.75 Å². The van der Waals surface area contributed by atoms with E-state index in [-0.39, 0.29) is 24.7 Å². The van der Waals surface area contributed by atoms with Gasteiger partial charge in [0.2, 0.25) is 0 Å². The molecule has 0 saturated carbocycles. The molecule has 0 radical (unpaired) electrons. The molecule has 0 saturated heterocycles. The number of unbranched alkanes of at least 4 members (excludes halogenated alkanes) is 3. The van der Waals surface area contributed by atoms with E-state index in [1.165, 1.54) is 0 Å². The molecule has 0 spiro atoms. The molecule has 1 rings (SSSR count). The summed E-state index contributed by atoms with van der Waals surface area (Å²) >= 11 is 1.55. The van der Waals surface area contributed by atoms with E-state index in [1.54, 1.807) is 38.6 Å². The molecular formula is C26H44O6S. The lowest BCUT2D eigenvalue weighted by molar-refractivity contribution is -0.148. The summed E-state index contributed by atoms with van der Waals surface area (Å²) in [7, 11) is 0. The smallest absolute Gasteiger partial charge is 0.316 e. The molecule has 6 nitrogen and oxygen atoms in total. The Morgan fingerprint density at radius 1 is 1.21 bits per heavy atom. The maximum absolute atomic E-state index is 12.5. The third kappa shape index (κ3) is 11.6. The number of hydrogen-bond donors (Lipinski definition) is 3. The Hall–Kier alpha value is -1.31. The molecule has 3 N–H and O–H groups in total. The Bertz CT molecular complexity index is 679. The van der Waals surface area contributed by atoms with Crippen molar-refractivity contribution in [3.05, 3.63) is 22.8 Å². The topological polar surface area (TPSA) is 104 Å². The molecule has 0 amide bonds. The first-order valence-corrected chi connectivity index (χ1v) is 13.3. The normalized spacial score (nSPS) is 20.9. The van der Waals surface area contributed by atoms with Gasteiger partial charge in [-0.15, -0.1) is 11.8 Å². The molecular weight excluding hydrogens is 440 g/mol. The zero-order valence-corrected chi connectivity index (χ0v) is 21.8. The predicted octanol–water partition coefficient (Wildman–Crippen LogP) is 5.68. The minimum Gasteiger partial charge on any atom is -0.481 e. The highest BCUT2D eigenvalue weighted by molar-refractivity contribution is 8.03. The average Bonchev–Trinajstić information content (AvgIpc) is 3.00. The molecule has 0 aromatic carbocycles. The standard InChI is InChI=1S/C26H44O6S/c1-6-7-11-18(2)16-19(27)13-14-20-21(28)17-22(32-25(31)26(3,4)5)24(20)33-15-10-8-9-12-23(29)30/h13-14,18-21,27-28H,6-12,15-17H2,1-5H3,(H,29,30)/t18-,19-,20+,21-/m1/s1. The van der Waals surface area contributed by atoms with Gasteiger partial charge in [-0.05, 0) is 51.7 Å². The second-order valence-corrected chi connectivity index (χ2v) is 11.3. The number of aliphatic carboxylic acids is 1. The molecule has 33 heavy (non-hydrogen) atoms. The Kier molecular flexibility index (Phi) is 13.4. The quantitative estimate of drug-likeness (QED) is 0.156. The maximum Gasteiger partial charge on any atom is 0.316 e. The van der Waals surface area contributed by atoms with Crippen LogP contribution in [0.5, 0.6) is 0 Å². The van der Waals surface area contributed by atoms with Crippen LogP contribution in [0.2, 0.25) is 0 Å². The number of thioether (sulfide) groups is 1. The zero-order valence-electron chi connectivity index (χ0n) is 21.0. The van der Waals surface area contributed by atoms with Crippen LogP contribution in [0, 0.1) is 17.3 Å². The lowest BCUT2D eigenvalue weighted by atomic mass is 9.96. The van der Waals surface area contributed by atoms with Gasteiger partial charge in [0.1, 0.15) is 5.76 Å². The first-order valence-electron chi connectivity index (χ1n) is 12.3. The van der Waals surface area contributed by atoms with Gasteiger partial charge in [-0.2, -0.15) is 0 Å². The largest absolute Gasteiger partial charge is 0.481 e. The molecule has 7 heteroatoms. The second kappa shape index (κ2) is 14.8. The number of carbonyl (C=O) groups is 2. The van der Waals surface area contributed by atoms with E-state index < -0.39 is 23.6 Å². The van der Waals surface area contributed by atoms with Crippen molar-refractivity contribution in [2.45, 2.75) is 105 Å². The molecule has 0 aromatic heterocycles. The van der Waals surface area contributed by atoms with Crippen LogP contribution < -0.4 is 0 Å². The van der Waals surface area contributed by atoms with E-state index in [0.29, 0.717) is 24.5 Å². The molecule has 0 heterocycles. The summed E-state index contributed by atoms with van der Waals surface area (Å²) in [4.78, 5) is 24.0. The monoisotopic (exact) mass is 484 g/mol. The zero-order chi connectivity index (χ0) is 25.0. The van der Waals surface area contributed by atoms with Gasteiger partial charge in [0.05, 0.1) is 17.6 Å². The minimum atomic E-state index is -0.784. The van der Waals surface area contributed by atoms with Gasteiger partial charge in [0.15, 0.2) is 0 Å².